The predicted octanol–water partition coefficient (Wildman–Crippen LogP) is 1.02. The number of thiophene rings is 1. The van der Waals surface area contributed by atoms with Gasteiger partial charge in [-0.2, -0.15) is 4.31 Å². The van der Waals surface area contributed by atoms with E-state index in [4.69, 9.17) is 5.11 Å². The Morgan fingerprint density at radius 1 is 1.38 bits per heavy atom. The number of aromatic carboxylic acids is 1. The first kappa shape index (κ1) is 15.9. The molecule has 1 aliphatic heterocycles. The van der Waals surface area contributed by atoms with Crippen molar-refractivity contribution in [3.8, 4) is 0 Å². The van der Waals surface area contributed by atoms with E-state index in [0.717, 1.165) is 17.4 Å². The third-order valence-corrected chi connectivity index (χ3v) is 6.36. The summed E-state index contributed by atoms with van der Waals surface area (Å²) in [4.78, 5) is 22.2. The number of esters is 1. The number of carboxylic acid groups (broad SMARTS) is 1. The number of carbonyl (C=O) groups is 2. The smallest absolute Gasteiger partial charge is 0.345 e. The Balaban J connectivity index is 2.11. The molecule has 0 atom stereocenters. The SMILES string of the molecule is COC(=O)C1CCN(S(=O)(=O)c2csc(C(=O)O)c2)CC1. The molecule has 0 bridgehead atoms. The first-order valence-corrected chi connectivity index (χ1v) is 8.58. The highest BCUT2D eigenvalue weighted by atomic mass is 32.2. The Morgan fingerprint density at radius 2 is 2.00 bits per heavy atom. The highest BCUT2D eigenvalue weighted by molar-refractivity contribution is 7.89. The van der Waals surface area contributed by atoms with Crippen LogP contribution in [0.3, 0.4) is 0 Å². The second-order valence-electron chi connectivity index (χ2n) is 4.65. The third-order valence-electron chi connectivity index (χ3n) is 3.41. The fourth-order valence-electron chi connectivity index (χ4n) is 2.21. The van der Waals surface area contributed by atoms with Crippen molar-refractivity contribution in [2.24, 2.45) is 5.92 Å². The number of ether oxygens (including phenoxy) is 1. The zero-order chi connectivity index (χ0) is 15.6. The molecule has 0 aliphatic carbocycles. The minimum Gasteiger partial charge on any atom is -0.477 e. The van der Waals surface area contributed by atoms with Gasteiger partial charge in [0.1, 0.15) is 4.88 Å². The van der Waals surface area contributed by atoms with Gasteiger partial charge >= 0.3 is 11.9 Å². The van der Waals surface area contributed by atoms with E-state index in [2.05, 4.69) is 4.74 Å². The van der Waals surface area contributed by atoms with Crippen LogP contribution in [-0.2, 0) is 19.6 Å². The maximum atomic E-state index is 12.4. The summed E-state index contributed by atoms with van der Waals surface area (Å²) >= 11 is 0.878. The van der Waals surface area contributed by atoms with E-state index >= 15 is 0 Å². The highest BCUT2D eigenvalue weighted by Crippen LogP contribution is 2.27. The van der Waals surface area contributed by atoms with Gasteiger partial charge in [-0.1, -0.05) is 0 Å². The van der Waals surface area contributed by atoms with Crippen LogP contribution >= 0.6 is 11.3 Å². The van der Waals surface area contributed by atoms with Gasteiger partial charge in [0.2, 0.25) is 10.0 Å². The van der Waals surface area contributed by atoms with Gasteiger partial charge < -0.3 is 9.84 Å². The maximum absolute atomic E-state index is 12.4. The second kappa shape index (κ2) is 6.12. The van der Waals surface area contributed by atoms with Crippen molar-refractivity contribution in [2.45, 2.75) is 17.7 Å². The highest BCUT2D eigenvalue weighted by Gasteiger charge is 2.33. The van der Waals surface area contributed by atoms with Crippen molar-refractivity contribution < 1.29 is 27.9 Å². The summed E-state index contributed by atoms with van der Waals surface area (Å²) in [6.07, 6.45) is 0.809. The van der Waals surface area contributed by atoms with Crippen LogP contribution in [0.25, 0.3) is 0 Å². The molecule has 0 radical (unpaired) electrons. The lowest BCUT2D eigenvalue weighted by Crippen LogP contribution is -2.40. The number of piperidine rings is 1. The number of nitrogens with zero attached hydrogens (tertiary/aromatic N) is 1. The van der Waals surface area contributed by atoms with Gasteiger partial charge in [-0.15, -0.1) is 11.3 Å². The summed E-state index contributed by atoms with van der Waals surface area (Å²) in [6.45, 7) is 0.445. The predicted molar refractivity (Wildman–Crippen MR) is 74.8 cm³/mol. The van der Waals surface area contributed by atoms with Gasteiger partial charge in [0.25, 0.3) is 0 Å². The van der Waals surface area contributed by atoms with Gasteiger partial charge in [0.15, 0.2) is 0 Å². The van der Waals surface area contributed by atoms with Crippen molar-refractivity contribution in [1.82, 2.24) is 4.31 Å². The molecule has 1 saturated heterocycles. The quantitative estimate of drug-likeness (QED) is 0.826. The zero-order valence-corrected chi connectivity index (χ0v) is 12.9. The van der Waals surface area contributed by atoms with Crippen molar-refractivity contribution >= 4 is 33.3 Å². The Morgan fingerprint density at radius 3 is 2.48 bits per heavy atom. The van der Waals surface area contributed by atoms with E-state index in [1.807, 2.05) is 0 Å². The average molecular weight is 333 g/mol. The minimum absolute atomic E-state index is 0.0126. The van der Waals surface area contributed by atoms with Crippen molar-refractivity contribution in [3.63, 3.8) is 0 Å². The van der Waals surface area contributed by atoms with E-state index in [1.54, 1.807) is 0 Å². The number of hydrogen-bond donors (Lipinski definition) is 1. The molecule has 1 aliphatic rings. The largest absolute Gasteiger partial charge is 0.477 e. The number of sulfonamides is 1. The molecule has 0 spiro atoms. The monoisotopic (exact) mass is 333 g/mol. The lowest BCUT2D eigenvalue weighted by atomic mass is 9.99. The second-order valence-corrected chi connectivity index (χ2v) is 7.50. The van der Waals surface area contributed by atoms with Crippen molar-refractivity contribution in [1.29, 1.82) is 0 Å². The minimum atomic E-state index is -3.70. The lowest BCUT2D eigenvalue weighted by Gasteiger charge is -2.29. The van der Waals surface area contributed by atoms with Crippen LogP contribution in [0.4, 0.5) is 0 Å². The summed E-state index contributed by atoms with van der Waals surface area (Å²) in [5.41, 5.74) is 0. The molecule has 7 nitrogen and oxygen atoms in total. The molecular formula is C12H15NO6S2. The fourth-order valence-corrected chi connectivity index (χ4v) is 4.78. The Kier molecular flexibility index (Phi) is 4.64. The summed E-state index contributed by atoms with van der Waals surface area (Å²) in [7, 11) is -2.39. The summed E-state index contributed by atoms with van der Waals surface area (Å²) in [5.74, 6) is -1.75. The molecule has 9 heteroatoms. The van der Waals surface area contributed by atoms with Crippen molar-refractivity contribution in [3.05, 3.63) is 16.3 Å². The number of methoxy groups -OCH3 is 1. The molecule has 1 fully saturated rings. The summed E-state index contributed by atoms with van der Waals surface area (Å²) < 4.78 is 30.7. The van der Waals surface area contributed by atoms with Crippen LogP contribution in [0.15, 0.2) is 16.3 Å². The number of rotatable bonds is 4. The standard InChI is InChI=1S/C12H15NO6S2/c1-19-12(16)8-2-4-13(5-3-8)21(17,18)9-6-10(11(14)15)20-7-9/h6-8H,2-5H2,1H3,(H,14,15). The van der Waals surface area contributed by atoms with E-state index in [9.17, 15) is 18.0 Å². The number of carboxylic acids is 1. The molecule has 1 aromatic heterocycles. The van der Waals surface area contributed by atoms with Gasteiger partial charge in [0, 0.05) is 18.5 Å². The third kappa shape index (κ3) is 3.25. The average Bonchev–Trinajstić information content (AvgIpc) is 2.97. The van der Waals surface area contributed by atoms with E-state index in [0.29, 0.717) is 12.8 Å². The van der Waals surface area contributed by atoms with Gasteiger partial charge in [-0.25, -0.2) is 13.2 Å². The normalized spacial score (nSPS) is 17.6. The van der Waals surface area contributed by atoms with Crippen LogP contribution < -0.4 is 0 Å². The van der Waals surface area contributed by atoms with Gasteiger partial charge in [-0.05, 0) is 18.9 Å². The number of carbonyl (C=O) groups excluding carboxylic acids is 1. The summed E-state index contributed by atoms with van der Waals surface area (Å²) in [6, 6.07) is 1.16. The van der Waals surface area contributed by atoms with Crippen LogP contribution in [0, 0.1) is 5.92 Å². The Hall–Kier alpha value is -1.45. The molecule has 2 heterocycles. The van der Waals surface area contributed by atoms with E-state index < -0.39 is 16.0 Å². The molecule has 0 saturated carbocycles. The molecule has 0 amide bonds. The van der Waals surface area contributed by atoms with Crippen LogP contribution in [0.1, 0.15) is 22.5 Å². The summed E-state index contributed by atoms with van der Waals surface area (Å²) in [5, 5.41) is 10.2. The lowest BCUT2D eigenvalue weighted by molar-refractivity contribution is -0.146. The molecule has 2 rings (SSSR count). The maximum Gasteiger partial charge on any atom is 0.345 e. The van der Waals surface area contributed by atoms with E-state index in [1.165, 1.54) is 16.8 Å². The topological polar surface area (TPSA) is 101 Å². The van der Waals surface area contributed by atoms with Crippen LogP contribution in [-0.4, -0.2) is 50.0 Å². The van der Waals surface area contributed by atoms with Gasteiger partial charge in [-0.3, -0.25) is 4.79 Å². The fraction of sp³-hybridized carbons (Fsp3) is 0.500. The molecule has 1 N–H and O–H groups in total. The Labute approximate surface area is 126 Å². The molecule has 0 unspecified atom stereocenters. The van der Waals surface area contributed by atoms with Crippen LogP contribution in [0.2, 0.25) is 0 Å². The molecule has 21 heavy (non-hydrogen) atoms. The number of hydrogen-bond acceptors (Lipinski definition) is 6. The Bertz CT molecular complexity index is 642. The first-order valence-electron chi connectivity index (χ1n) is 6.26. The zero-order valence-electron chi connectivity index (χ0n) is 11.3. The van der Waals surface area contributed by atoms with Crippen LogP contribution in [0.5, 0.6) is 0 Å². The molecular weight excluding hydrogens is 318 g/mol. The van der Waals surface area contributed by atoms with E-state index in [-0.39, 0.29) is 34.7 Å². The molecule has 1 aromatic rings. The first-order chi connectivity index (χ1) is 9.86. The molecule has 0 aromatic carbocycles. The molecule has 116 valence electrons. The van der Waals surface area contributed by atoms with Gasteiger partial charge in [0.05, 0.1) is 17.9 Å². The van der Waals surface area contributed by atoms with Crippen molar-refractivity contribution in [2.75, 3.05) is 20.2 Å².